The zero-order valence-corrected chi connectivity index (χ0v) is 8.08. The van der Waals surface area contributed by atoms with Crippen LogP contribution in [0.5, 0.6) is 0 Å². The molecule has 0 aromatic rings. The molecule has 0 N–H and O–H groups in total. The third kappa shape index (κ3) is 2.13. The van der Waals surface area contributed by atoms with E-state index in [9.17, 15) is 0 Å². The van der Waals surface area contributed by atoms with Crippen molar-refractivity contribution in [1.29, 1.82) is 5.26 Å². The normalized spacial score (nSPS) is 24.0. The van der Waals surface area contributed by atoms with Crippen molar-refractivity contribution in [3.05, 3.63) is 41.1 Å². The van der Waals surface area contributed by atoms with E-state index in [2.05, 4.69) is 17.2 Å². The zero-order chi connectivity index (χ0) is 10.4. The molecule has 1 fully saturated rings. The Labute approximate surface area is 84.7 Å². The topological polar surface area (TPSA) is 28.1 Å². The highest BCUT2D eigenvalue weighted by molar-refractivity contribution is 5.36. The van der Waals surface area contributed by atoms with E-state index in [4.69, 9.17) is 11.8 Å². The highest BCUT2D eigenvalue weighted by Crippen LogP contribution is 2.32. The maximum atomic E-state index is 8.79. The second-order valence-electron chi connectivity index (χ2n) is 3.32. The van der Waals surface area contributed by atoms with Gasteiger partial charge in [-0.15, -0.1) is 5.73 Å². The van der Waals surface area contributed by atoms with Gasteiger partial charge in [-0.2, -0.15) is 0 Å². The minimum Gasteiger partial charge on any atom is -0.227 e. The monoisotopic (exact) mass is 184 g/mol. The van der Waals surface area contributed by atoms with E-state index < -0.39 is 0 Å². The van der Waals surface area contributed by atoms with Gasteiger partial charge < -0.3 is 0 Å². The van der Waals surface area contributed by atoms with E-state index in [1.54, 1.807) is 0 Å². The van der Waals surface area contributed by atoms with Crippen LogP contribution >= 0.6 is 0 Å². The van der Waals surface area contributed by atoms with Crippen molar-refractivity contribution in [1.82, 2.24) is 0 Å². The first-order valence-corrected chi connectivity index (χ1v) is 4.70. The van der Waals surface area contributed by atoms with E-state index in [1.807, 2.05) is 12.1 Å². The van der Waals surface area contributed by atoms with Gasteiger partial charge in [-0.25, -0.2) is 10.1 Å². The number of allylic oxidation sites excluding steroid dienone is 3. The fraction of sp³-hybridized carbons (Fsp3) is 0.417. The molecule has 0 spiro atoms. The van der Waals surface area contributed by atoms with Crippen LogP contribution in [-0.4, -0.2) is 0 Å². The SMILES string of the molecule is [C-]#[N+]/C(C#N)=C1\CCCCC1C=C=C. The minimum absolute atomic E-state index is 0.213. The lowest BCUT2D eigenvalue weighted by Gasteiger charge is -2.22. The van der Waals surface area contributed by atoms with E-state index in [0.29, 0.717) is 0 Å². The minimum atomic E-state index is 0.213. The van der Waals surface area contributed by atoms with Crippen LogP contribution < -0.4 is 0 Å². The molecule has 1 rings (SSSR count). The summed E-state index contributed by atoms with van der Waals surface area (Å²) in [6.45, 7) is 10.4. The van der Waals surface area contributed by atoms with Crippen LogP contribution in [-0.2, 0) is 0 Å². The predicted molar refractivity (Wildman–Crippen MR) is 54.9 cm³/mol. The second-order valence-corrected chi connectivity index (χ2v) is 3.32. The van der Waals surface area contributed by atoms with Gasteiger partial charge in [0, 0.05) is 0 Å². The standard InChI is InChI=1S/C12H12N2/c1-3-6-10-7-4-5-8-11(10)12(9-13)14-2/h6,10H,1,4-5,7-8H2/b12-11+. The van der Waals surface area contributed by atoms with Crippen molar-refractivity contribution >= 4 is 0 Å². The largest absolute Gasteiger partial charge is 0.261 e. The lowest BCUT2D eigenvalue weighted by Crippen LogP contribution is -2.08. The molecule has 1 atom stereocenters. The molecule has 0 radical (unpaired) electrons. The Morgan fingerprint density at radius 2 is 2.43 bits per heavy atom. The van der Waals surface area contributed by atoms with Crippen LogP contribution in [0.2, 0.25) is 0 Å². The lowest BCUT2D eigenvalue weighted by atomic mass is 9.83. The molecule has 0 bridgehead atoms. The predicted octanol–water partition coefficient (Wildman–Crippen LogP) is 3.21. The van der Waals surface area contributed by atoms with Gasteiger partial charge in [0.15, 0.2) is 0 Å². The molecule has 0 saturated heterocycles. The quantitative estimate of drug-likeness (QED) is 0.349. The first kappa shape index (κ1) is 10.3. The van der Waals surface area contributed by atoms with E-state index in [1.165, 1.54) is 0 Å². The van der Waals surface area contributed by atoms with Gasteiger partial charge in [0.25, 0.3) is 5.70 Å². The number of nitrogens with zero attached hydrogens (tertiary/aromatic N) is 2. The molecule has 14 heavy (non-hydrogen) atoms. The average molecular weight is 184 g/mol. The maximum Gasteiger partial charge on any atom is 0.261 e. The molecular weight excluding hydrogens is 172 g/mol. The third-order valence-corrected chi connectivity index (χ3v) is 2.50. The van der Waals surface area contributed by atoms with E-state index >= 15 is 0 Å². The Balaban J connectivity index is 3.05. The lowest BCUT2D eigenvalue weighted by molar-refractivity contribution is 0.517. The highest BCUT2D eigenvalue weighted by atomic mass is 14.7. The summed E-state index contributed by atoms with van der Waals surface area (Å²) in [7, 11) is 0. The summed E-state index contributed by atoms with van der Waals surface area (Å²) < 4.78 is 0. The van der Waals surface area contributed by atoms with Gasteiger partial charge in [-0.05, 0) is 30.4 Å². The molecule has 1 saturated carbocycles. The van der Waals surface area contributed by atoms with Crippen LogP contribution in [0.15, 0.2) is 29.7 Å². The fourth-order valence-corrected chi connectivity index (χ4v) is 1.83. The first-order valence-electron chi connectivity index (χ1n) is 4.70. The number of hydrogen-bond donors (Lipinski definition) is 0. The Bertz CT molecular complexity index is 354. The molecule has 1 aliphatic carbocycles. The van der Waals surface area contributed by atoms with E-state index in [0.717, 1.165) is 31.3 Å². The molecular formula is C12H12N2. The first-order chi connectivity index (χ1) is 6.83. The molecule has 0 aromatic carbocycles. The van der Waals surface area contributed by atoms with E-state index in [-0.39, 0.29) is 11.6 Å². The van der Waals surface area contributed by atoms with Crippen molar-refractivity contribution < 1.29 is 0 Å². The van der Waals surface area contributed by atoms with Crippen LogP contribution in [0, 0.1) is 23.8 Å². The van der Waals surface area contributed by atoms with Crippen LogP contribution in [0.25, 0.3) is 4.85 Å². The summed E-state index contributed by atoms with van der Waals surface area (Å²) in [5, 5.41) is 8.79. The maximum absolute atomic E-state index is 8.79. The summed E-state index contributed by atoms with van der Waals surface area (Å²) in [5.41, 5.74) is 3.99. The summed E-state index contributed by atoms with van der Waals surface area (Å²) in [4.78, 5) is 3.26. The van der Waals surface area contributed by atoms with Crippen molar-refractivity contribution in [2.75, 3.05) is 0 Å². The highest BCUT2D eigenvalue weighted by Gasteiger charge is 2.19. The number of nitriles is 1. The van der Waals surface area contributed by atoms with Gasteiger partial charge >= 0.3 is 0 Å². The molecule has 1 aliphatic rings. The van der Waals surface area contributed by atoms with Crippen molar-refractivity contribution in [3.63, 3.8) is 0 Å². The zero-order valence-electron chi connectivity index (χ0n) is 8.08. The molecule has 2 heteroatoms. The summed E-state index contributed by atoms with van der Waals surface area (Å²) in [6, 6.07) is 1.97. The Morgan fingerprint density at radius 3 is 3.00 bits per heavy atom. The van der Waals surface area contributed by atoms with Crippen LogP contribution in [0.4, 0.5) is 0 Å². The fourth-order valence-electron chi connectivity index (χ4n) is 1.83. The van der Waals surface area contributed by atoms with Gasteiger partial charge in [0.05, 0.1) is 12.6 Å². The summed E-state index contributed by atoms with van der Waals surface area (Å²) in [6.07, 6.45) is 5.99. The van der Waals surface area contributed by atoms with Gasteiger partial charge in [0.2, 0.25) is 0 Å². The number of rotatable bonds is 1. The van der Waals surface area contributed by atoms with Crippen LogP contribution in [0.3, 0.4) is 0 Å². The average Bonchev–Trinajstić information content (AvgIpc) is 2.23. The smallest absolute Gasteiger partial charge is 0.227 e. The molecule has 1 unspecified atom stereocenters. The molecule has 0 aliphatic heterocycles. The van der Waals surface area contributed by atoms with Crippen molar-refractivity contribution in [2.24, 2.45) is 5.92 Å². The van der Waals surface area contributed by atoms with Crippen LogP contribution in [0.1, 0.15) is 25.7 Å². The van der Waals surface area contributed by atoms with Gasteiger partial charge in [0.1, 0.15) is 0 Å². The second kappa shape index (κ2) is 5.07. The van der Waals surface area contributed by atoms with Gasteiger partial charge in [-0.1, -0.05) is 19.4 Å². The Morgan fingerprint density at radius 1 is 1.64 bits per heavy atom. The molecule has 0 amide bonds. The molecule has 70 valence electrons. The third-order valence-electron chi connectivity index (χ3n) is 2.50. The van der Waals surface area contributed by atoms with Gasteiger partial charge in [-0.3, -0.25) is 0 Å². The Kier molecular flexibility index (Phi) is 3.74. The molecule has 0 heterocycles. The Hall–Kier alpha value is -1.76. The van der Waals surface area contributed by atoms with Crippen molar-refractivity contribution in [2.45, 2.75) is 25.7 Å². The summed E-state index contributed by atoms with van der Waals surface area (Å²) >= 11 is 0. The molecule has 0 aromatic heterocycles. The number of hydrogen-bond acceptors (Lipinski definition) is 1. The summed E-state index contributed by atoms with van der Waals surface area (Å²) in [5.74, 6) is 0.213. The van der Waals surface area contributed by atoms with Crippen molar-refractivity contribution in [3.8, 4) is 6.07 Å². The molecule has 2 nitrogen and oxygen atoms in total.